The van der Waals surface area contributed by atoms with E-state index in [2.05, 4.69) is 63.7 Å². The fraction of sp³-hybridized carbons (Fsp3) is 0.143. The standard InChI is InChI=1S/C14H2Br4O6/c15-7-3-1-2-5(9(7)17)13(21)24-14(22)6(2)10(18)8(16)4(1)12(20)23-11(3)19/h3,7H. The normalized spacial score (nSPS) is 24.7. The molecular formula is C14H2Br4O6. The van der Waals surface area contributed by atoms with Crippen molar-refractivity contribution in [1.82, 2.24) is 0 Å². The maximum atomic E-state index is 12.3. The molecule has 0 radical (unpaired) electrons. The zero-order chi connectivity index (χ0) is 17.5. The Morgan fingerprint density at radius 2 is 1.33 bits per heavy atom. The SMILES string of the molecule is O=C1OC(=O)c2c(Br)c(Br)c3c4c2C1=C(Br)C(Br)C4C(=O)OC3=O. The second kappa shape index (κ2) is 5.33. The summed E-state index contributed by atoms with van der Waals surface area (Å²) in [4.78, 5) is 48.4. The van der Waals surface area contributed by atoms with Crippen molar-refractivity contribution in [1.29, 1.82) is 0 Å². The molecule has 2 atom stereocenters. The largest absolute Gasteiger partial charge is 0.389 e. The Morgan fingerprint density at radius 3 is 2.00 bits per heavy atom. The molecule has 0 saturated heterocycles. The Bertz CT molecular complexity index is 947. The minimum absolute atomic E-state index is 0.0825. The molecule has 0 N–H and O–H groups in total. The van der Waals surface area contributed by atoms with Gasteiger partial charge in [0.15, 0.2) is 0 Å². The van der Waals surface area contributed by atoms with Gasteiger partial charge >= 0.3 is 23.9 Å². The Morgan fingerprint density at radius 1 is 0.750 bits per heavy atom. The number of carbonyl (C=O) groups is 4. The minimum atomic E-state index is -0.882. The van der Waals surface area contributed by atoms with Gasteiger partial charge in [0.05, 0.1) is 21.5 Å². The molecule has 0 fully saturated rings. The van der Waals surface area contributed by atoms with E-state index >= 15 is 0 Å². The van der Waals surface area contributed by atoms with Gasteiger partial charge in [-0.3, -0.25) is 4.79 Å². The van der Waals surface area contributed by atoms with Gasteiger partial charge in [0.1, 0.15) is 5.92 Å². The number of allylic oxidation sites excluding steroid dienone is 1. The Balaban J connectivity index is 2.27. The molecule has 1 aliphatic carbocycles. The zero-order valence-corrected chi connectivity index (χ0v) is 17.5. The predicted molar refractivity (Wildman–Crippen MR) is 94.0 cm³/mol. The summed E-state index contributed by atoms with van der Waals surface area (Å²) in [6.45, 7) is 0. The Kier molecular flexibility index (Phi) is 3.69. The number of rotatable bonds is 0. The molecule has 1 aromatic rings. The topological polar surface area (TPSA) is 86.7 Å². The van der Waals surface area contributed by atoms with E-state index in [0.717, 1.165) is 0 Å². The lowest BCUT2D eigenvalue weighted by molar-refractivity contribution is -0.140. The summed E-state index contributed by atoms with van der Waals surface area (Å²) in [5.74, 6) is -4.18. The van der Waals surface area contributed by atoms with Crippen LogP contribution in [0.25, 0.3) is 5.57 Å². The van der Waals surface area contributed by atoms with Gasteiger partial charge in [-0.2, -0.15) is 0 Å². The van der Waals surface area contributed by atoms with E-state index in [-0.39, 0.29) is 36.8 Å². The van der Waals surface area contributed by atoms with Crippen molar-refractivity contribution in [2.45, 2.75) is 10.7 Å². The maximum Gasteiger partial charge on any atom is 0.347 e. The van der Waals surface area contributed by atoms with E-state index in [1.54, 1.807) is 0 Å². The molecule has 24 heavy (non-hydrogen) atoms. The van der Waals surface area contributed by atoms with Gasteiger partial charge in [-0.05, 0) is 37.4 Å². The van der Waals surface area contributed by atoms with Crippen LogP contribution in [0.5, 0.6) is 0 Å². The second-order valence-electron chi connectivity index (χ2n) is 5.15. The van der Waals surface area contributed by atoms with Crippen LogP contribution in [-0.4, -0.2) is 28.7 Å². The summed E-state index contributed by atoms with van der Waals surface area (Å²) < 4.78 is 10.5. The van der Waals surface area contributed by atoms with Crippen LogP contribution in [0.15, 0.2) is 13.4 Å². The quantitative estimate of drug-likeness (QED) is 0.263. The van der Waals surface area contributed by atoms with Crippen molar-refractivity contribution in [3.63, 3.8) is 0 Å². The van der Waals surface area contributed by atoms with Crippen LogP contribution in [0.2, 0.25) is 0 Å². The summed E-state index contributed by atoms with van der Waals surface area (Å²) in [6.07, 6.45) is 0. The number of cyclic esters (lactones) is 4. The molecule has 0 amide bonds. The molecule has 0 aromatic heterocycles. The van der Waals surface area contributed by atoms with Gasteiger partial charge in [0.25, 0.3) is 0 Å². The fourth-order valence-corrected chi connectivity index (χ4v) is 5.51. The van der Waals surface area contributed by atoms with Crippen LogP contribution >= 0.6 is 63.7 Å². The molecule has 2 unspecified atom stereocenters. The number of alkyl halides is 1. The number of halogens is 4. The number of carbonyl (C=O) groups excluding carboxylic acids is 4. The van der Waals surface area contributed by atoms with Crippen LogP contribution in [0.1, 0.15) is 37.8 Å². The zero-order valence-electron chi connectivity index (χ0n) is 11.1. The highest BCUT2D eigenvalue weighted by atomic mass is 79.9. The number of benzene rings is 1. The van der Waals surface area contributed by atoms with Crippen LogP contribution < -0.4 is 0 Å². The summed E-state index contributed by atoms with van der Waals surface area (Å²) in [5, 5.41) is 0. The third-order valence-corrected chi connectivity index (χ3v) is 8.61. The second-order valence-corrected chi connectivity index (χ2v) is 8.58. The summed E-state index contributed by atoms with van der Waals surface area (Å²) in [7, 11) is 0. The molecule has 3 aliphatic rings. The lowest BCUT2D eigenvalue weighted by atomic mass is 9.76. The van der Waals surface area contributed by atoms with Crippen molar-refractivity contribution in [2.75, 3.05) is 0 Å². The predicted octanol–water partition coefficient (Wildman–Crippen LogP) is 3.57. The first-order valence-corrected chi connectivity index (χ1v) is 9.66. The molecule has 6 nitrogen and oxygen atoms in total. The first-order chi connectivity index (χ1) is 11.3. The van der Waals surface area contributed by atoms with Gasteiger partial charge in [0, 0.05) is 19.0 Å². The highest BCUT2D eigenvalue weighted by molar-refractivity contribution is 9.14. The average Bonchev–Trinajstić information content (AvgIpc) is 2.49. The number of esters is 4. The third kappa shape index (κ3) is 1.91. The Labute approximate surface area is 167 Å². The van der Waals surface area contributed by atoms with Gasteiger partial charge in [-0.15, -0.1) is 0 Å². The van der Waals surface area contributed by atoms with Crippen LogP contribution in [0.3, 0.4) is 0 Å². The van der Waals surface area contributed by atoms with Crippen molar-refractivity contribution >= 4 is 93.2 Å². The molecule has 0 spiro atoms. The first-order valence-electron chi connectivity index (χ1n) is 6.37. The van der Waals surface area contributed by atoms with E-state index in [1.807, 2.05) is 0 Å². The lowest BCUT2D eigenvalue weighted by Gasteiger charge is -2.36. The Hall–Kier alpha value is -0.840. The lowest BCUT2D eigenvalue weighted by Crippen LogP contribution is -2.40. The molecule has 122 valence electrons. The molecule has 0 saturated carbocycles. The van der Waals surface area contributed by atoms with Gasteiger partial charge in [-0.25, -0.2) is 14.4 Å². The molecule has 10 heteroatoms. The maximum absolute atomic E-state index is 12.3. The minimum Gasteiger partial charge on any atom is -0.389 e. The van der Waals surface area contributed by atoms with Crippen LogP contribution in [0.4, 0.5) is 0 Å². The molecule has 2 heterocycles. The number of ether oxygens (including phenoxy) is 2. The van der Waals surface area contributed by atoms with E-state index < -0.39 is 34.6 Å². The molecular weight excluding hydrogens is 584 g/mol. The van der Waals surface area contributed by atoms with Crippen LogP contribution in [0, 0.1) is 0 Å². The van der Waals surface area contributed by atoms with Crippen molar-refractivity contribution in [3.05, 3.63) is 35.7 Å². The molecule has 4 rings (SSSR count). The van der Waals surface area contributed by atoms with Gasteiger partial charge in [-0.1, -0.05) is 31.9 Å². The van der Waals surface area contributed by atoms with E-state index in [9.17, 15) is 19.2 Å². The highest BCUT2D eigenvalue weighted by Gasteiger charge is 2.52. The summed E-state index contributed by atoms with van der Waals surface area (Å²) in [5.41, 5.74) is 0.800. The third-order valence-electron chi connectivity index (χ3n) is 4.00. The van der Waals surface area contributed by atoms with E-state index in [1.165, 1.54) is 0 Å². The smallest absolute Gasteiger partial charge is 0.347 e. The fourth-order valence-electron chi connectivity index (χ4n) is 3.05. The molecule has 2 aliphatic heterocycles. The molecule has 0 bridgehead atoms. The van der Waals surface area contributed by atoms with Crippen molar-refractivity contribution < 1.29 is 28.7 Å². The number of hydrogen-bond acceptors (Lipinski definition) is 6. The first kappa shape index (κ1) is 16.6. The summed E-state index contributed by atoms with van der Waals surface area (Å²) >= 11 is 13.2. The van der Waals surface area contributed by atoms with E-state index in [4.69, 9.17) is 9.47 Å². The monoisotopic (exact) mass is 582 g/mol. The van der Waals surface area contributed by atoms with E-state index in [0.29, 0.717) is 4.48 Å². The van der Waals surface area contributed by atoms with Crippen LogP contribution in [-0.2, 0) is 19.1 Å². The summed E-state index contributed by atoms with van der Waals surface area (Å²) in [6, 6.07) is 0. The van der Waals surface area contributed by atoms with Gasteiger partial charge < -0.3 is 9.47 Å². The van der Waals surface area contributed by atoms with Crippen molar-refractivity contribution in [3.8, 4) is 0 Å². The molecule has 1 aromatic carbocycles. The highest BCUT2D eigenvalue weighted by Crippen LogP contribution is 2.54. The average molecular weight is 586 g/mol. The van der Waals surface area contributed by atoms with Crippen molar-refractivity contribution in [2.24, 2.45) is 0 Å². The van der Waals surface area contributed by atoms with Gasteiger partial charge in [0.2, 0.25) is 0 Å². The number of hydrogen-bond donors (Lipinski definition) is 0.